The quantitative estimate of drug-likeness (QED) is 0.276. The Morgan fingerprint density at radius 1 is 1.67 bits per heavy atom. The van der Waals surface area contributed by atoms with Gasteiger partial charge in [0, 0.05) is 6.54 Å². The van der Waals surface area contributed by atoms with Crippen molar-refractivity contribution in [2.24, 2.45) is 5.73 Å². The predicted molar refractivity (Wildman–Crippen MR) is 58.6 cm³/mol. The Labute approximate surface area is 83.9 Å². The highest BCUT2D eigenvalue weighted by Gasteiger charge is 1.99. The van der Waals surface area contributed by atoms with Gasteiger partial charge in [-0.3, -0.25) is 5.32 Å². The third-order valence-electron chi connectivity index (χ3n) is 1.27. The summed E-state index contributed by atoms with van der Waals surface area (Å²) >= 11 is 5.99. The summed E-state index contributed by atoms with van der Waals surface area (Å²) in [5.41, 5.74) is 5.38. The molecule has 0 aliphatic heterocycles. The smallest absolute Gasteiger partial charge is 0.102 e. The molecule has 0 aromatic rings. The van der Waals surface area contributed by atoms with Crippen LogP contribution in [0.3, 0.4) is 0 Å². The van der Waals surface area contributed by atoms with Crippen molar-refractivity contribution in [2.45, 2.75) is 24.2 Å². The van der Waals surface area contributed by atoms with Crippen LogP contribution < -0.4 is 11.1 Å². The number of rotatable bonds is 7. The molecule has 0 fully saturated rings. The van der Waals surface area contributed by atoms with Gasteiger partial charge in [-0.2, -0.15) is 12.6 Å². The molecular weight excluding hydrogens is 192 g/mol. The van der Waals surface area contributed by atoms with E-state index in [1.54, 1.807) is 18.7 Å². The average molecular weight is 210 g/mol. The van der Waals surface area contributed by atoms with E-state index in [4.69, 9.17) is 10.8 Å². The SMILES string of the molecule is CC(O)NCCCSC(S)CN. The van der Waals surface area contributed by atoms with E-state index in [1.165, 1.54) is 0 Å². The van der Waals surface area contributed by atoms with Crippen LogP contribution in [0.4, 0.5) is 0 Å². The molecule has 0 saturated heterocycles. The van der Waals surface area contributed by atoms with Crippen molar-refractivity contribution in [2.75, 3.05) is 18.8 Å². The van der Waals surface area contributed by atoms with Crippen molar-refractivity contribution in [3.63, 3.8) is 0 Å². The first-order chi connectivity index (χ1) is 5.66. The molecule has 0 saturated carbocycles. The number of hydrogen-bond donors (Lipinski definition) is 4. The molecule has 2 unspecified atom stereocenters. The molecular formula is C7H18N2OS2. The van der Waals surface area contributed by atoms with Crippen LogP contribution in [-0.4, -0.2) is 34.8 Å². The Morgan fingerprint density at radius 3 is 2.83 bits per heavy atom. The van der Waals surface area contributed by atoms with Crippen LogP contribution in [0.25, 0.3) is 0 Å². The van der Waals surface area contributed by atoms with E-state index < -0.39 is 6.23 Å². The molecule has 0 radical (unpaired) electrons. The number of thioether (sulfide) groups is 1. The summed E-state index contributed by atoms with van der Waals surface area (Å²) < 4.78 is 0.247. The summed E-state index contributed by atoms with van der Waals surface area (Å²) in [5.74, 6) is 1.03. The number of thiol groups is 1. The van der Waals surface area contributed by atoms with Gasteiger partial charge in [-0.05, 0) is 25.6 Å². The minimum Gasteiger partial charge on any atom is -0.379 e. The van der Waals surface area contributed by atoms with Gasteiger partial charge in [0.25, 0.3) is 0 Å². The highest BCUT2D eigenvalue weighted by atomic mass is 32.2. The van der Waals surface area contributed by atoms with Crippen LogP contribution in [0.5, 0.6) is 0 Å². The first-order valence-electron chi connectivity index (χ1n) is 4.08. The van der Waals surface area contributed by atoms with Gasteiger partial charge in [-0.1, -0.05) is 0 Å². The summed E-state index contributed by atoms with van der Waals surface area (Å²) in [4.78, 5) is 0. The number of aliphatic hydroxyl groups is 1. The first-order valence-corrected chi connectivity index (χ1v) is 5.64. The molecule has 0 aliphatic rings. The first kappa shape index (κ1) is 12.6. The molecule has 74 valence electrons. The third-order valence-corrected chi connectivity index (χ3v) is 3.03. The second kappa shape index (κ2) is 8.19. The molecule has 0 heterocycles. The van der Waals surface area contributed by atoms with Gasteiger partial charge < -0.3 is 10.8 Å². The van der Waals surface area contributed by atoms with Crippen LogP contribution >= 0.6 is 24.4 Å². The van der Waals surface area contributed by atoms with Crippen molar-refractivity contribution >= 4 is 24.4 Å². The standard InChI is InChI=1S/C7H18N2OS2/c1-6(10)9-3-2-4-12-7(11)5-8/h6-7,9-11H,2-5,8H2,1H3. The van der Waals surface area contributed by atoms with E-state index in [-0.39, 0.29) is 4.58 Å². The maximum Gasteiger partial charge on any atom is 0.102 e. The van der Waals surface area contributed by atoms with Gasteiger partial charge in [0.05, 0.1) is 4.58 Å². The van der Waals surface area contributed by atoms with Gasteiger partial charge in [0.15, 0.2) is 0 Å². The van der Waals surface area contributed by atoms with E-state index in [1.807, 2.05) is 0 Å². The Bertz CT molecular complexity index is 103. The average Bonchev–Trinajstić information content (AvgIpc) is 2.03. The van der Waals surface area contributed by atoms with Crippen molar-refractivity contribution in [3.05, 3.63) is 0 Å². The molecule has 3 nitrogen and oxygen atoms in total. The van der Waals surface area contributed by atoms with Crippen LogP contribution in [0, 0.1) is 0 Å². The maximum absolute atomic E-state index is 8.85. The lowest BCUT2D eigenvalue weighted by Gasteiger charge is -2.08. The Kier molecular flexibility index (Phi) is 8.59. The number of nitrogens with one attached hydrogen (secondary N) is 1. The lowest BCUT2D eigenvalue weighted by atomic mass is 10.4. The van der Waals surface area contributed by atoms with Gasteiger partial charge in [-0.25, -0.2) is 0 Å². The van der Waals surface area contributed by atoms with Crippen LogP contribution in [0.15, 0.2) is 0 Å². The van der Waals surface area contributed by atoms with Crippen LogP contribution in [0.2, 0.25) is 0 Å². The largest absolute Gasteiger partial charge is 0.379 e. The molecule has 5 heteroatoms. The third kappa shape index (κ3) is 8.67. The molecule has 4 N–H and O–H groups in total. The zero-order valence-electron chi connectivity index (χ0n) is 7.36. The summed E-state index contributed by atoms with van der Waals surface area (Å²) in [6, 6.07) is 0. The van der Waals surface area contributed by atoms with Crippen LogP contribution in [0.1, 0.15) is 13.3 Å². The second-order valence-electron chi connectivity index (χ2n) is 2.54. The number of hydrogen-bond acceptors (Lipinski definition) is 5. The van der Waals surface area contributed by atoms with Crippen molar-refractivity contribution < 1.29 is 5.11 Å². The van der Waals surface area contributed by atoms with E-state index in [2.05, 4.69) is 17.9 Å². The maximum atomic E-state index is 8.85. The normalized spacial score (nSPS) is 16.0. The molecule has 12 heavy (non-hydrogen) atoms. The Hall–Kier alpha value is 0.580. The number of aliphatic hydroxyl groups excluding tert-OH is 1. The lowest BCUT2D eigenvalue weighted by Crippen LogP contribution is -2.26. The molecule has 0 spiro atoms. The fraction of sp³-hybridized carbons (Fsp3) is 1.00. The topological polar surface area (TPSA) is 58.3 Å². The Balaban J connectivity index is 3.00. The van der Waals surface area contributed by atoms with Gasteiger partial charge in [0.1, 0.15) is 6.23 Å². The lowest BCUT2D eigenvalue weighted by molar-refractivity contribution is 0.157. The molecule has 0 rings (SSSR count). The predicted octanol–water partition coefficient (Wildman–Crippen LogP) is 0.252. The summed E-state index contributed by atoms with van der Waals surface area (Å²) in [6.45, 7) is 3.17. The molecule has 0 bridgehead atoms. The molecule has 0 amide bonds. The molecule has 0 aliphatic carbocycles. The van der Waals surface area contributed by atoms with Crippen molar-refractivity contribution in [1.82, 2.24) is 5.32 Å². The Morgan fingerprint density at radius 2 is 2.33 bits per heavy atom. The highest BCUT2D eigenvalue weighted by Crippen LogP contribution is 2.13. The van der Waals surface area contributed by atoms with Gasteiger partial charge in [-0.15, -0.1) is 11.8 Å². The number of nitrogens with two attached hydrogens (primary N) is 1. The molecule has 0 aromatic carbocycles. The van der Waals surface area contributed by atoms with Crippen molar-refractivity contribution in [1.29, 1.82) is 0 Å². The molecule has 0 aromatic heterocycles. The van der Waals surface area contributed by atoms with Gasteiger partial charge in [0.2, 0.25) is 0 Å². The van der Waals surface area contributed by atoms with E-state index >= 15 is 0 Å². The second-order valence-corrected chi connectivity index (χ2v) is 4.83. The van der Waals surface area contributed by atoms with Crippen LogP contribution in [-0.2, 0) is 0 Å². The summed E-state index contributed by atoms with van der Waals surface area (Å²) in [7, 11) is 0. The zero-order valence-corrected chi connectivity index (χ0v) is 9.07. The highest BCUT2D eigenvalue weighted by molar-refractivity contribution is 8.10. The van der Waals surface area contributed by atoms with E-state index in [0.29, 0.717) is 6.54 Å². The minimum absolute atomic E-state index is 0.247. The molecule has 2 atom stereocenters. The monoisotopic (exact) mass is 210 g/mol. The summed E-state index contributed by atoms with van der Waals surface area (Å²) in [6.07, 6.45) is 0.628. The minimum atomic E-state index is -0.406. The summed E-state index contributed by atoms with van der Waals surface area (Å²) in [5, 5.41) is 11.8. The zero-order chi connectivity index (χ0) is 9.40. The van der Waals surface area contributed by atoms with E-state index in [0.717, 1.165) is 18.7 Å². The van der Waals surface area contributed by atoms with Gasteiger partial charge >= 0.3 is 0 Å². The van der Waals surface area contributed by atoms with Crippen molar-refractivity contribution in [3.8, 4) is 0 Å². The fourth-order valence-electron chi connectivity index (χ4n) is 0.671. The fourth-order valence-corrected chi connectivity index (χ4v) is 1.71. The van der Waals surface area contributed by atoms with E-state index in [9.17, 15) is 0 Å².